The first-order valence-electron chi connectivity index (χ1n) is 6.33. The second-order valence-electron chi connectivity index (χ2n) is 4.62. The highest BCUT2D eigenvalue weighted by Crippen LogP contribution is 2.11. The Balaban J connectivity index is 2.38. The molecule has 0 bridgehead atoms. The SMILES string of the molecule is CCCc1c(N)c(=O)n(Cc2ccc(F)cc2)n1C. The molecule has 0 unspecified atom stereocenters. The van der Waals surface area contributed by atoms with Gasteiger partial charge in [0.15, 0.2) is 0 Å². The number of anilines is 1. The summed E-state index contributed by atoms with van der Waals surface area (Å²) >= 11 is 0. The number of nitrogens with two attached hydrogens (primary N) is 1. The van der Waals surface area contributed by atoms with E-state index in [2.05, 4.69) is 0 Å². The summed E-state index contributed by atoms with van der Waals surface area (Å²) in [5.74, 6) is -0.283. The van der Waals surface area contributed by atoms with Crippen LogP contribution in [0.3, 0.4) is 0 Å². The minimum absolute atomic E-state index is 0.185. The zero-order chi connectivity index (χ0) is 14.0. The van der Waals surface area contributed by atoms with E-state index in [1.54, 1.807) is 21.5 Å². The average Bonchev–Trinajstić information content (AvgIpc) is 2.59. The molecule has 19 heavy (non-hydrogen) atoms. The molecule has 0 saturated carbocycles. The molecule has 2 rings (SSSR count). The van der Waals surface area contributed by atoms with Crippen LogP contribution in [0.1, 0.15) is 24.6 Å². The molecule has 1 aromatic heterocycles. The Labute approximate surface area is 111 Å². The van der Waals surface area contributed by atoms with Crippen LogP contribution in [0.2, 0.25) is 0 Å². The van der Waals surface area contributed by atoms with Crippen LogP contribution in [0.4, 0.5) is 10.1 Å². The van der Waals surface area contributed by atoms with Gasteiger partial charge in [0, 0.05) is 7.05 Å². The van der Waals surface area contributed by atoms with Crippen molar-refractivity contribution in [3.8, 4) is 0 Å². The lowest BCUT2D eigenvalue weighted by Gasteiger charge is -2.09. The van der Waals surface area contributed by atoms with E-state index < -0.39 is 0 Å². The molecule has 0 aliphatic heterocycles. The number of nitrogens with zero attached hydrogens (tertiary/aromatic N) is 2. The molecule has 0 amide bonds. The molecule has 0 saturated heterocycles. The number of nitrogen functional groups attached to an aromatic ring is 1. The van der Waals surface area contributed by atoms with Crippen LogP contribution in [-0.4, -0.2) is 9.36 Å². The topological polar surface area (TPSA) is 53.0 Å². The second kappa shape index (κ2) is 5.30. The molecule has 0 aliphatic rings. The van der Waals surface area contributed by atoms with Crippen LogP contribution in [0.25, 0.3) is 0 Å². The van der Waals surface area contributed by atoms with Crippen molar-refractivity contribution in [2.75, 3.05) is 5.73 Å². The van der Waals surface area contributed by atoms with Crippen LogP contribution >= 0.6 is 0 Å². The van der Waals surface area contributed by atoms with Crippen molar-refractivity contribution >= 4 is 5.69 Å². The largest absolute Gasteiger partial charge is 0.393 e. The zero-order valence-electron chi connectivity index (χ0n) is 11.2. The van der Waals surface area contributed by atoms with Gasteiger partial charge in [-0.1, -0.05) is 25.5 Å². The number of rotatable bonds is 4. The fraction of sp³-hybridized carbons (Fsp3) is 0.357. The smallest absolute Gasteiger partial charge is 0.290 e. The Bertz CT molecular complexity index is 625. The molecule has 0 fully saturated rings. The molecule has 1 aromatic carbocycles. The van der Waals surface area contributed by atoms with Gasteiger partial charge in [-0.2, -0.15) is 0 Å². The van der Waals surface area contributed by atoms with Gasteiger partial charge in [-0.25, -0.2) is 9.07 Å². The van der Waals surface area contributed by atoms with E-state index in [-0.39, 0.29) is 11.4 Å². The van der Waals surface area contributed by atoms with Crippen LogP contribution in [-0.2, 0) is 20.0 Å². The summed E-state index contributed by atoms with van der Waals surface area (Å²) in [5.41, 5.74) is 7.70. The average molecular weight is 263 g/mol. The standard InChI is InChI=1S/C14H18FN3O/c1-3-4-12-13(16)14(19)18(17(12)2)9-10-5-7-11(15)8-6-10/h5-8H,3-4,9,16H2,1-2H3. The maximum Gasteiger partial charge on any atom is 0.290 e. The van der Waals surface area contributed by atoms with Crippen molar-refractivity contribution in [3.63, 3.8) is 0 Å². The van der Waals surface area contributed by atoms with Gasteiger partial charge in [0.25, 0.3) is 5.56 Å². The van der Waals surface area contributed by atoms with E-state index in [9.17, 15) is 9.18 Å². The van der Waals surface area contributed by atoms with Crippen molar-refractivity contribution in [3.05, 3.63) is 51.7 Å². The highest BCUT2D eigenvalue weighted by Gasteiger charge is 2.14. The molecule has 0 aliphatic carbocycles. The van der Waals surface area contributed by atoms with Crippen molar-refractivity contribution in [1.82, 2.24) is 9.36 Å². The molecule has 2 aromatic rings. The van der Waals surface area contributed by atoms with Gasteiger partial charge in [0.2, 0.25) is 0 Å². The van der Waals surface area contributed by atoms with Crippen molar-refractivity contribution in [2.24, 2.45) is 7.05 Å². The molecule has 0 spiro atoms. The van der Waals surface area contributed by atoms with Gasteiger partial charge in [-0.15, -0.1) is 0 Å². The Morgan fingerprint density at radius 2 is 1.89 bits per heavy atom. The normalized spacial score (nSPS) is 10.9. The summed E-state index contributed by atoms with van der Waals surface area (Å²) in [4.78, 5) is 12.1. The van der Waals surface area contributed by atoms with Gasteiger partial charge >= 0.3 is 0 Å². The van der Waals surface area contributed by atoms with E-state index in [0.29, 0.717) is 12.2 Å². The van der Waals surface area contributed by atoms with Crippen molar-refractivity contribution in [1.29, 1.82) is 0 Å². The maximum atomic E-state index is 12.9. The molecule has 4 nitrogen and oxygen atoms in total. The Kier molecular flexibility index (Phi) is 3.74. The van der Waals surface area contributed by atoms with Crippen molar-refractivity contribution < 1.29 is 4.39 Å². The molecule has 102 valence electrons. The third kappa shape index (κ3) is 2.54. The van der Waals surface area contributed by atoms with Crippen LogP contribution in [0.5, 0.6) is 0 Å². The molecule has 2 N–H and O–H groups in total. The fourth-order valence-electron chi connectivity index (χ4n) is 2.19. The molecular formula is C14H18FN3O. The Hall–Kier alpha value is -2.04. The zero-order valence-corrected chi connectivity index (χ0v) is 11.2. The van der Waals surface area contributed by atoms with E-state index in [0.717, 1.165) is 24.1 Å². The lowest BCUT2D eigenvalue weighted by atomic mass is 10.2. The highest BCUT2D eigenvalue weighted by molar-refractivity contribution is 5.41. The van der Waals surface area contributed by atoms with E-state index in [1.807, 2.05) is 14.0 Å². The minimum atomic E-state index is -0.283. The summed E-state index contributed by atoms with van der Waals surface area (Å²) in [7, 11) is 1.83. The van der Waals surface area contributed by atoms with Crippen LogP contribution in [0.15, 0.2) is 29.1 Å². The van der Waals surface area contributed by atoms with E-state index >= 15 is 0 Å². The third-order valence-corrected chi connectivity index (χ3v) is 3.26. The lowest BCUT2D eigenvalue weighted by molar-refractivity contribution is 0.515. The van der Waals surface area contributed by atoms with E-state index in [4.69, 9.17) is 5.73 Å². The quantitative estimate of drug-likeness (QED) is 0.916. The predicted molar refractivity (Wildman–Crippen MR) is 73.6 cm³/mol. The third-order valence-electron chi connectivity index (χ3n) is 3.26. The summed E-state index contributed by atoms with van der Waals surface area (Å²) in [6.07, 6.45) is 1.70. The number of halogens is 1. The van der Waals surface area contributed by atoms with Gasteiger partial charge in [0.1, 0.15) is 11.5 Å². The first-order chi connectivity index (χ1) is 9.04. The molecule has 1 heterocycles. The first kappa shape index (κ1) is 13.4. The number of benzene rings is 1. The monoisotopic (exact) mass is 263 g/mol. The lowest BCUT2D eigenvalue weighted by Crippen LogP contribution is -2.23. The maximum absolute atomic E-state index is 12.9. The number of hydrogen-bond acceptors (Lipinski definition) is 2. The Morgan fingerprint density at radius 1 is 1.26 bits per heavy atom. The van der Waals surface area contributed by atoms with Gasteiger partial charge in [-0.3, -0.25) is 9.48 Å². The fourth-order valence-corrected chi connectivity index (χ4v) is 2.19. The summed E-state index contributed by atoms with van der Waals surface area (Å²) in [6.45, 7) is 2.44. The molecule has 0 radical (unpaired) electrons. The van der Waals surface area contributed by atoms with E-state index in [1.165, 1.54) is 12.1 Å². The van der Waals surface area contributed by atoms with Gasteiger partial charge < -0.3 is 5.73 Å². The van der Waals surface area contributed by atoms with Crippen molar-refractivity contribution in [2.45, 2.75) is 26.3 Å². The second-order valence-corrected chi connectivity index (χ2v) is 4.62. The van der Waals surface area contributed by atoms with Gasteiger partial charge in [-0.05, 0) is 24.1 Å². The highest BCUT2D eigenvalue weighted by atomic mass is 19.1. The first-order valence-corrected chi connectivity index (χ1v) is 6.33. The predicted octanol–water partition coefficient (Wildman–Crippen LogP) is 1.91. The molecular weight excluding hydrogens is 245 g/mol. The van der Waals surface area contributed by atoms with Crippen LogP contribution < -0.4 is 11.3 Å². The number of hydrogen-bond donors (Lipinski definition) is 1. The summed E-state index contributed by atoms with van der Waals surface area (Å²) in [5, 5.41) is 0. The molecule has 5 heteroatoms. The Morgan fingerprint density at radius 3 is 2.47 bits per heavy atom. The minimum Gasteiger partial charge on any atom is -0.393 e. The summed E-state index contributed by atoms with van der Waals surface area (Å²) < 4.78 is 16.2. The molecule has 0 atom stereocenters. The number of aromatic nitrogens is 2. The van der Waals surface area contributed by atoms with Gasteiger partial charge in [0.05, 0.1) is 12.2 Å². The summed E-state index contributed by atoms with van der Waals surface area (Å²) in [6, 6.07) is 6.12. The van der Waals surface area contributed by atoms with Crippen LogP contribution in [0, 0.1) is 5.82 Å².